The van der Waals surface area contributed by atoms with Crippen molar-refractivity contribution in [1.29, 1.82) is 0 Å². The molecule has 0 aromatic heterocycles. The van der Waals surface area contributed by atoms with E-state index in [0.29, 0.717) is 25.6 Å². The maximum absolute atomic E-state index is 12.5. The van der Waals surface area contributed by atoms with Crippen molar-refractivity contribution in [1.82, 2.24) is 9.80 Å². The van der Waals surface area contributed by atoms with Gasteiger partial charge in [0.25, 0.3) is 0 Å². The largest absolute Gasteiger partial charge is 0.391 e. The van der Waals surface area contributed by atoms with E-state index in [1.165, 1.54) is 12.8 Å². The molecule has 1 N–H and O–H groups in total. The molecule has 0 aromatic rings. The van der Waals surface area contributed by atoms with Gasteiger partial charge in [-0.3, -0.25) is 9.59 Å². The van der Waals surface area contributed by atoms with E-state index in [-0.39, 0.29) is 17.7 Å². The summed E-state index contributed by atoms with van der Waals surface area (Å²) in [5.74, 6) is 0.0267. The normalized spacial score (nSPS) is 32.1. The van der Waals surface area contributed by atoms with Crippen LogP contribution in [0.3, 0.4) is 0 Å². The molecule has 3 fully saturated rings. The Kier molecular flexibility index (Phi) is 3.96. The number of carbonyl (C=O) groups excluding carboxylic acids is 2. The predicted octanol–water partition coefficient (Wildman–Crippen LogP) is 0.761. The first kappa shape index (κ1) is 13.9. The highest BCUT2D eigenvalue weighted by atomic mass is 16.3. The summed E-state index contributed by atoms with van der Waals surface area (Å²) in [5.41, 5.74) is 0. The van der Waals surface area contributed by atoms with E-state index in [2.05, 4.69) is 0 Å². The van der Waals surface area contributed by atoms with Gasteiger partial charge in [0, 0.05) is 32.1 Å². The van der Waals surface area contributed by atoms with Crippen molar-refractivity contribution in [2.45, 2.75) is 57.1 Å². The summed E-state index contributed by atoms with van der Waals surface area (Å²) in [6.07, 6.45) is 6.19. The number of aliphatic hydroxyl groups excluding tert-OH is 1. The molecule has 2 amide bonds. The summed E-state index contributed by atoms with van der Waals surface area (Å²) in [6.45, 7) is 1.76. The summed E-state index contributed by atoms with van der Waals surface area (Å²) in [6, 6.07) is 0.368. The van der Waals surface area contributed by atoms with Crippen molar-refractivity contribution in [2.75, 3.05) is 19.6 Å². The Balaban J connectivity index is 1.60. The highest BCUT2D eigenvalue weighted by molar-refractivity contribution is 5.89. The van der Waals surface area contributed by atoms with Crippen LogP contribution in [-0.2, 0) is 9.59 Å². The predicted molar refractivity (Wildman–Crippen MR) is 73.9 cm³/mol. The minimum absolute atomic E-state index is 0.0672. The molecule has 0 radical (unpaired) electrons. The molecule has 2 saturated heterocycles. The van der Waals surface area contributed by atoms with Crippen LogP contribution in [-0.4, -0.2) is 58.5 Å². The average molecular weight is 280 g/mol. The Labute approximate surface area is 119 Å². The number of hydrogen-bond donors (Lipinski definition) is 1. The molecular weight excluding hydrogens is 256 g/mol. The van der Waals surface area contributed by atoms with Crippen LogP contribution >= 0.6 is 0 Å². The van der Waals surface area contributed by atoms with Gasteiger partial charge in [-0.25, -0.2) is 0 Å². The topological polar surface area (TPSA) is 60.9 Å². The lowest BCUT2D eigenvalue weighted by molar-refractivity contribution is -0.138. The number of aliphatic hydroxyl groups is 1. The minimum atomic E-state index is -0.393. The Morgan fingerprint density at radius 3 is 2.55 bits per heavy atom. The molecular formula is C15H24N2O3. The van der Waals surface area contributed by atoms with E-state index in [1.54, 1.807) is 4.90 Å². The first-order valence-electron chi connectivity index (χ1n) is 7.91. The fourth-order valence-corrected chi connectivity index (χ4v) is 3.88. The van der Waals surface area contributed by atoms with E-state index in [4.69, 9.17) is 0 Å². The van der Waals surface area contributed by atoms with Crippen molar-refractivity contribution >= 4 is 11.8 Å². The van der Waals surface area contributed by atoms with Crippen molar-refractivity contribution in [3.05, 3.63) is 0 Å². The van der Waals surface area contributed by atoms with Crippen LogP contribution in [0.2, 0.25) is 0 Å². The van der Waals surface area contributed by atoms with E-state index in [9.17, 15) is 14.7 Å². The molecule has 5 heteroatoms. The number of hydrogen-bond acceptors (Lipinski definition) is 3. The van der Waals surface area contributed by atoms with E-state index in [0.717, 1.165) is 32.2 Å². The Bertz CT molecular complexity index is 393. The zero-order valence-corrected chi connectivity index (χ0v) is 12.0. The number of β-amino-alcohol motifs (C(OH)–C–C–N with tert-alkyl or cyclic N) is 1. The lowest BCUT2D eigenvalue weighted by Crippen LogP contribution is -2.45. The standard InChI is InChI=1S/C15H24N2O3/c18-13-6-3-7-16(10-13)15(20)11-8-14(19)17(9-11)12-4-1-2-5-12/h11-13,18H,1-10H2. The Morgan fingerprint density at radius 2 is 1.85 bits per heavy atom. The van der Waals surface area contributed by atoms with E-state index in [1.807, 2.05) is 4.90 Å². The summed E-state index contributed by atoms with van der Waals surface area (Å²) in [7, 11) is 0. The zero-order valence-electron chi connectivity index (χ0n) is 12.0. The molecule has 5 nitrogen and oxygen atoms in total. The number of carbonyl (C=O) groups is 2. The molecule has 112 valence electrons. The van der Waals surface area contributed by atoms with Gasteiger partial charge in [0.15, 0.2) is 0 Å². The van der Waals surface area contributed by atoms with Gasteiger partial charge in [-0.2, -0.15) is 0 Å². The van der Waals surface area contributed by atoms with Crippen LogP contribution in [0.5, 0.6) is 0 Å². The third kappa shape index (κ3) is 2.68. The molecule has 1 aliphatic carbocycles. The minimum Gasteiger partial charge on any atom is -0.391 e. The van der Waals surface area contributed by atoms with Crippen LogP contribution in [0, 0.1) is 5.92 Å². The molecule has 2 unspecified atom stereocenters. The molecule has 3 aliphatic rings. The first-order chi connectivity index (χ1) is 9.65. The third-order valence-electron chi connectivity index (χ3n) is 4.98. The number of rotatable bonds is 2. The van der Waals surface area contributed by atoms with Crippen LogP contribution < -0.4 is 0 Å². The van der Waals surface area contributed by atoms with Crippen molar-refractivity contribution in [3.63, 3.8) is 0 Å². The fourth-order valence-electron chi connectivity index (χ4n) is 3.88. The van der Waals surface area contributed by atoms with Crippen LogP contribution in [0.4, 0.5) is 0 Å². The molecule has 20 heavy (non-hydrogen) atoms. The number of nitrogens with zero attached hydrogens (tertiary/aromatic N) is 2. The molecule has 0 spiro atoms. The second kappa shape index (κ2) is 5.72. The molecule has 2 heterocycles. The maximum Gasteiger partial charge on any atom is 0.228 e. The van der Waals surface area contributed by atoms with Gasteiger partial charge in [0.05, 0.1) is 12.0 Å². The maximum atomic E-state index is 12.5. The Morgan fingerprint density at radius 1 is 1.10 bits per heavy atom. The van der Waals surface area contributed by atoms with Crippen LogP contribution in [0.15, 0.2) is 0 Å². The third-order valence-corrected chi connectivity index (χ3v) is 4.98. The van der Waals surface area contributed by atoms with Gasteiger partial charge in [0.1, 0.15) is 0 Å². The van der Waals surface area contributed by atoms with Crippen molar-refractivity contribution in [3.8, 4) is 0 Å². The summed E-state index contributed by atoms with van der Waals surface area (Å²) in [5, 5.41) is 9.68. The molecule has 2 aliphatic heterocycles. The second-order valence-electron chi connectivity index (χ2n) is 6.47. The quantitative estimate of drug-likeness (QED) is 0.812. The first-order valence-corrected chi connectivity index (χ1v) is 7.91. The van der Waals surface area contributed by atoms with Gasteiger partial charge >= 0.3 is 0 Å². The van der Waals surface area contributed by atoms with Crippen molar-refractivity contribution < 1.29 is 14.7 Å². The van der Waals surface area contributed by atoms with Gasteiger partial charge in [-0.05, 0) is 25.7 Å². The zero-order chi connectivity index (χ0) is 14.1. The lowest BCUT2D eigenvalue weighted by Gasteiger charge is -2.32. The number of likely N-dealkylation sites (tertiary alicyclic amines) is 2. The molecule has 0 bridgehead atoms. The summed E-state index contributed by atoms with van der Waals surface area (Å²) in [4.78, 5) is 28.3. The summed E-state index contributed by atoms with van der Waals surface area (Å²) < 4.78 is 0. The smallest absolute Gasteiger partial charge is 0.228 e. The monoisotopic (exact) mass is 280 g/mol. The number of amides is 2. The molecule has 1 saturated carbocycles. The van der Waals surface area contributed by atoms with Gasteiger partial charge in [-0.1, -0.05) is 12.8 Å². The van der Waals surface area contributed by atoms with Gasteiger partial charge in [-0.15, -0.1) is 0 Å². The van der Waals surface area contributed by atoms with Crippen LogP contribution in [0.25, 0.3) is 0 Å². The summed E-state index contributed by atoms with van der Waals surface area (Å²) >= 11 is 0. The van der Waals surface area contributed by atoms with E-state index >= 15 is 0 Å². The Hall–Kier alpha value is -1.10. The van der Waals surface area contributed by atoms with E-state index < -0.39 is 6.10 Å². The second-order valence-corrected chi connectivity index (χ2v) is 6.47. The highest BCUT2D eigenvalue weighted by Gasteiger charge is 2.40. The molecule has 0 aromatic carbocycles. The van der Waals surface area contributed by atoms with Crippen LogP contribution in [0.1, 0.15) is 44.9 Å². The van der Waals surface area contributed by atoms with Gasteiger partial charge in [0.2, 0.25) is 11.8 Å². The fraction of sp³-hybridized carbons (Fsp3) is 0.867. The number of piperidine rings is 1. The molecule has 3 rings (SSSR count). The van der Waals surface area contributed by atoms with Gasteiger partial charge < -0.3 is 14.9 Å². The SMILES string of the molecule is O=C(C1CC(=O)N(C2CCCC2)C1)N1CCCC(O)C1. The lowest BCUT2D eigenvalue weighted by atomic mass is 10.0. The molecule has 2 atom stereocenters. The highest BCUT2D eigenvalue weighted by Crippen LogP contribution is 2.30. The average Bonchev–Trinajstić information content (AvgIpc) is 3.06. The van der Waals surface area contributed by atoms with Crippen molar-refractivity contribution in [2.24, 2.45) is 5.92 Å².